The molecule has 6 heteroatoms. The van der Waals surface area contributed by atoms with Gasteiger partial charge in [-0.25, -0.2) is 9.59 Å². The second-order valence-electron chi connectivity index (χ2n) is 5.02. The minimum absolute atomic E-state index is 0.300. The van der Waals surface area contributed by atoms with Crippen molar-refractivity contribution >= 4 is 12.2 Å². The summed E-state index contributed by atoms with van der Waals surface area (Å²) in [6.07, 6.45) is 0.317. The van der Waals surface area contributed by atoms with E-state index in [1.807, 2.05) is 18.2 Å². The van der Waals surface area contributed by atoms with Crippen molar-refractivity contribution in [3.05, 3.63) is 35.9 Å². The van der Waals surface area contributed by atoms with Gasteiger partial charge < -0.3 is 14.3 Å². The predicted octanol–water partition coefficient (Wildman–Crippen LogP) is 2.63. The van der Waals surface area contributed by atoms with E-state index < -0.39 is 12.2 Å². The van der Waals surface area contributed by atoms with E-state index in [1.54, 1.807) is 0 Å². The highest BCUT2D eigenvalue weighted by atomic mass is 16.8. The van der Waals surface area contributed by atoms with E-state index in [-0.39, 0.29) is 0 Å². The lowest BCUT2D eigenvalue weighted by molar-refractivity contribution is -0.106. The number of carbonyl (C=O) groups excluding carboxylic acids is 2. The van der Waals surface area contributed by atoms with Crippen LogP contribution in [0.2, 0.25) is 0 Å². The average Bonchev–Trinajstić information content (AvgIpc) is 3.24. The Labute approximate surface area is 123 Å². The van der Waals surface area contributed by atoms with Crippen LogP contribution in [0.4, 0.5) is 9.59 Å². The van der Waals surface area contributed by atoms with E-state index in [9.17, 15) is 9.59 Å². The van der Waals surface area contributed by atoms with Crippen molar-refractivity contribution in [1.29, 1.82) is 0 Å². The molecule has 1 saturated carbocycles. The summed E-state index contributed by atoms with van der Waals surface area (Å²) in [6.45, 7) is 0.319. The molecule has 1 aromatic rings. The molecule has 1 fully saturated rings. The van der Waals surface area contributed by atoms with E-state index in [1.165, 1.54) is 19.8 Å². The van der Waals surface area contributed by atoms with Crippen LogP contribution in [0.5, 0.6) is 0 Å². The summed E-state index contributed by atoms with van der Waals surface area (Å²) in [6, 6.07) is 10.2. The third-order valence-electron chi connectivity index (χ3n) is 3.54. The molecule has 1 aliphatic carbocycles. The summed E-state index contributed by atoms with van der Waals surface area (Å²) >= 11 is 0. The fourth-order valence-electron chi connectivity index (χ4n) is 2.29. The lowest BCUT2D eigenvalue weighted by Gasteiger charge is -2.18. The van der Waals surface area contributed by atoms with E-state index in [4.69, 9.17) is 4.84 Å². The number of hydrogen-bond acceptors (Lipinski definition) is 5. The van der Waals surface area contributed by atoms with Crippen molar-refractivity contribution in [2.45, 2.75) is 12.8 Å². The van der Waals surface area contributed by atoms with Gasteiger partial charge in [0.05, 0.1) is 20.8 Å². The molecular formula is C15H19NO5. The smallest absolute Gasteiger partial charge is 0.451 e. The van der Waals surface area contributed by atoms with Gasteiger partial charge in [-0.05, 0) is 30.2 Å². The first-order chi connectivity index (χ1) is 10.1. The molecule has 0 unspecified atom stereocenters. The summed E-state index contributed by atoms with van der Waals surface area (Å²) in [4.78, 5) is 27.5. The summed E-state index contributed by atoms with van der Waals surface area (Å²) in [5.74, 6) is 0.787. The minimum atomic E-state index is -0.930. The molecule has 0 N–H and O–H groups in total. The Morgan fingerprint density at radius 3 is 2.48 bits per heavy atom. The lowest BCUT2D eigenvalue weighted by Crippen LogP contribution is -2.35. The van der Waals surface area contributed by atoms with Crippen LogP contribution in [0.3, 0.4) is 0 Å². The molecule has 0 saturated heterocycles. The molecule has 0 heterocycles. The van der Waals surface area contributed by atoms with Gasteiger partial charge in [0.1, 0.15) is 0 Å². The zero-order chi connectivity index (χ0) is 15.2. The highest BCUT2D eigenvalue weighted by molar-refractivity contribution is 5.69. The molecule has 114 valence electrons. The van der Waals surface area contributed by atoms with Crippen LogP contribution in [0, 0.1) is 11.8 Å². The first kappa shape index (κ1) is 15.2. The van der Waals surface area contributed by atoms with E-state index in [0.717, 1.165) is 17.9 Å². The van der Waals surface area contributed by atoms with Gasteiger partial charge in [0.15, 0.2) is 0 Å². The number of methoxy groups -OCH3 is 2. The van der Waals surface area contributed by atoms with Gasteiger partial charge in [0.2, 0.25) is 0 Å². The SMILES string of the molecule is COC(=O)ON(C[C@@H]1C[C@H]1Cc1ccccc1)C(=O)OC. The number of benzene rings is 1. The highest BCUT2D eigenvalue weighted by Gasteiger charge is 2.40. The van der Waals surface area contributed by atoms with Crippen LogP contribution in [0.1, 0.15) is 12.0 Å². The Morgan fingerprint density at radius 1 is 1.14 bits per heavy atom. The molecule has 6 nitrogen and oxygen atoms in total. The van der Waals surface area contributed by atoms with Crippen molar-refractivity contribution < 1.29 is 23.9 Å². The van der Waals surface area contributed by atoms with Gasteiger partial charge in [0.25, 0.3) is 0 Å². The Bertz CT molecular complexity index is 490. The zero-order valence-electron chi connectivity index (χ0n) is 12.2. The van der Waals surface area contributed by atoms with Crippen LogP contribution in [-0.2, 0) is 20.7 Å². The topological polar surface area (TPSA) is 65.1 Å². The van der Waals surface area contributed by atoms with Crippen LogP contribution >= 0.6 is 0 Å². The summed E-state index contributed by atoms with van der Waals surface area (Å²) < 4.78 is 8.98. The summed E-state index contributed by atoms with van der Waals surface area (Å²) in [5, 5.41) is 0.918. The number of amides is 1. The molecule has 1 amide bonds. The monoisotopic (exact) mass is 293 g/mol. The average molecular weight is 293 g/mol. The molecule has 0 aromatic heterocycles. The lowest BCUT2D eigenvalue weighted by atomic mass is 10.1. The van der Waals surface area contributed by atoms with Crippen molar-refractivity contribution in [2.24, 2.45) is 11.8 Å². The fourth-order valence-corrected chi connectivity index (χ4v) is 2.29. The first-order valence-corrected chi connectivity index (χ1v) is 6.79. The molecule has 1 aliphatic rings. The third-order valence-corrected chi connectivity index (χ3v) is 3.54. The molecule has 21 heavy (non-hydrogen) atoms. The summed E-state index contributed by atoms with van der Waals surface area (Å²) in [7, 11) is 2.43. The largest absolute Gasteiger partial charge is 0.533 e. The van der Waals surface area contributed by atoms with Crippen molar-refractivity contribution in [3.63, 3.8) is 0 Å². The molecule has 0 bridgehead atoms. The van der Waals surface area contributed by atoms with Crippen LogP contribution in [0.25, 0.3) is 0 Å². The van der Waals surface area contributed by atoms with Crippen LogP contribution < -0.4 is 0 Å². The van der Waals surface area contributed by atoms with E-state index in [2.05, 4.69) is 21.6 Å². The van der Waals surface area contributed by atoms with E-state index >= 15 is 0 Å². The highest BCUT2D eigenvalue weighted by Crippen LogP contribution is 2.41. The number of hydroxylamine groups is 2. The van der Waals surface area contributed by atoms with Gasteiger partial charge >= 0.3 is 12.2 Å². The van der Waals surface area contributed by atoms with Crippen LogP contribution in [-0.4, -0.2) is 38.1 Å². The third kappa shape index (κ3) is 4.37. The molecule has 0 radical (unpaired) electrons. The molecule has 1 aromatic carbocycles. The van der Waals surface area contributed by atoms with Crippen molar-refractivity contribution in [1.82, 2.24) is 5.06 Å². The maximum Gasteiger partial charge on any atom is 0.533 e. The number of carbonyl (C=O) groups is 2. The maximum absolute atomic E-state index is 11.6. The first-order valence-electron chi connectivity index (χ1n) is 6.79. The molecule has 0 aliphatic heterocycles. The minimum Gasteiger partial charge on any atom is -0.451 e. The Morgan fingerprint density at radius 2 is 1.86 bits per heavy atom. The Hall–Kier alpha value is -2.24. The molecule has 2 atom stereocenters. The molecule has 0 spiro atoms. The van der Waals surface area contributed by atoms with Gasteiger partial charge in [-0.2, -0.15) is 0 Å². The van der Waals surface area contributed by atoms with Crippen molar-refractivity contribution in [2.75, 3.05) is 20.8 Å². The van der Waals surface area contributed by atoms with E-state index in [0.29, 0.717) is 18.4 Å². The van der Waals surface area contributed by atoms with Gasteiger partial charge in [-0.3, -0.25) is 0 Å². The normalized spacial score (nSPS) is 19.5. The Balaban J connectivity index is 1.85. The number of rotatable bonds is 4. The fraction of sp³-hybridized carbons (Fsp3) is 0.467. The predicted molar refractivity (Wildman–Crippen MR) is 74.3 cm³/mol. The summed E-state index contributed by atoms with van der Waals surface area (Å²) in [5.41, 5.74) is 1.27. The Kier molecular flexibility index (Phi) is 5.03. The van der Waals surface area contributed by atoms with Gasteiger partial charge in [0, 0.05) is 0 Å². The number of nitrogens with zero attached hydrogens (tertiary/aromatic N) is 1. The number of ether oxygens (including phenoxy) is 2. The molecule has 2 rings (SSSR count). The van der Waals surface area contributed by atoms with Gasteiger partial charge in [-0.1, -0.05) is 30.3 Å². The second kappa shape index (κ2) is 6.97. The molecular weight excluding hydrogens is 274 g/mol. The van der Waals surface area contributed by atoms with Gasteiger partial charge in [-0.15, -0.1) is 5.06 Å². The quantitative estimate of drug-likeness (QED) is 0.630. The number of hydrogen-bond donors (Lipinski definition) is 0. The van der Waals surface area contributed by atoms with Crippen LogP contribution in [0.15, 0.2) is 30.3 Å². The van der Waals surface area contributed by atoms with Crippen molar-refractivity contribution in [3.8, 4) is 0 Å². The standard InChI is InChI=1S/C15H19NO5/c1-19-14(17)16(21-15(18)20-2)10-13-9-12(13)8-11-6-4-3-5-7-11/h3-7,12-13H,8-10H2,1-2H3/t12-,13+/m1/s1. The second-order valence-corrected chi connectivity index (χ2v) is 5.02. The maximum atomic E-state index is 11.6. The zero-order valence-corrected chi connectivity index (χ0v) is 12.2.